The van der Waals surface area contributed by atoms with Crippen molar-refractivity contribution in [2.75, 3.05) is 0 Å². The number of carbonyl (C=O) groups excluding carboxylic acids is 1. The number of hydrogen-bond acceptors (Lipinski definition) is 4. The molecule has 0 radical (unpaired) electrons. The van der Waals surface area contributed by atoms with Crippen LogP contribution in [0.1, 0.15) is 27.0 Å². The van der Waals surface area contributed by atoms with Gasteiger partial charge in [0.2, 0.25) is 0 Å². The standard InChI is InChI=1S/C16H15NO4/c1-11-6-3-4-8-13(11)10-21-16(18)14-9-5-7-12(2)15(14)17(19)20/h3-9H,10H2,1-2H3. The summed E-state index contributed by atoms with van der Waals surface area (Å²) in [6.07, 6.45) is 0. The topological polar surface area (TPSA) is 69.4 Å². The van der Waals surface area contributed by atoms with Gasteiger partial charge in [0.05, 0.1) is 4.92 Å². The van der Waals surface area contributed by atoms with Crippen LogP contribution in [0.15, 0.2) is 42.5 Å². The maximum atomic E-state index is 12.1. The minimum Gasteiger partial charge on any atom is -0.457 e. The minimum absolute atomic E-state index is 0.0198. The minimum atomic E-state index is -0.686. The molecule has 0 aliphatic rings. The monoisotopic (exact) mass is 285 g/mol. The quantitative estimate of drug-likeness (QED) is 0.489. The van der Waals surface area contributed by atoms with Gasteiger partial charge in [-0.3, -0.25) is 10.1 Å². The smallest absolute Gasteiger partial charge is 0.345 e. The maximum Gasteiger partial charge on any atom is 0.345 e. The molecule has 5 heteroatoms. The van der Waals surface area contributed by atoms with Gasteiger partial charge in [-0.25, -0.2) is 4.79 Å². The number of carbonyl (C=O) groups is 1. The SMILES string of the molecule is Cc1ccccc1COC(=O)c1cccc(C)c1[N+](=O)[O-]. The van der Waals surface area contributed by atoms with E-state index >= 15 is 0 Å². The molecule has 21 heavy (non-hydrogen) atoms. The van der Waals surface area contributed by atoms with Gasteiger partial charge in [0.15, 0.2) is 0 Å². The molecule has 0 atom stereocenters. The Kier molecular flexibility index (Phi) is 4.33. The van der Waals surface area contributed by atoms with Crippen LogP contribution in [0.2, 0.25) is 0 Å². The summed E-state index contributed by atoms with van der Waals surface area (Å²) in [5.41, 5.74) is 2.09. The predicted molar refractivity (Wildman–Crippen MR) is 78.1 cm³/mol. The fraction of sp³-hybridized carbons (Fsp3) is 0.188. The Bertz CT molecular complexity index is 694. The lowest BCUT2D eigenvalue weighted by Crippen LogP contribution is -2.09. The number of rotatable bonds is 4. The average molecular weight is 285 g/mol. The molecule has 2 rings (SSSR count). The number of para-hydroxylation sites is 1. The van der Waals surface area contributed by atoms with E-state index in [2.05, 4.69) is 0 Å². The van der Waals surface area contributed by atoms with Crippen LogP contribution < -0.4 is 0 Å². The van der Waals surface area contributed by atoms with Crippen molar-refractivity contribution in [3.63, 3.8) is 0 Å². The lowest BCUT2D eigenvalue weighted by molar-refractivity contribution is -0.385. The van der Waals surface area contributed by atoms with E-state index in [1.165, 1.54) is 6.07 Å². The molecule has 0 heterocycles. The fourth-order valence-corrected chi connectivity index (χ4v) is 2.06. The Labute approximate surface area is 122 Å². The first-order valence-corrected chi connectivity index (χ1v) is 6.46. The van der Waals surface area contributed by atoms with E-state index in [0.29, 0.717) is 5.56 Å². The van der Waals surface area contributed by atoms with Gasteiger partial charge in [0, 0.05) is 5.56 Å². The Balaban J connectivity index is 2.20. The molecule has 0 unspecified atom stereocenters. The molecule has 0 aromatic heterocycles. The Hall–Kier alpha value is -2.69. The zero-order valence-electron chi connectivity index (χ0n) is 11.8. The van der Waals surface area contributed by atoms with Gasteiger partial charge < -0.3 is 4.74 Å². The van der Waals surface area contributed by atoms with Gasteiger partial charge in [-0.15, -0.1) is 0 Å². The van der Waals surface area contributed by atoms with Crippen LogP contribution in [-0.4, -0.2) is 10.9 Å². The largest absolute Gasteiger partial charge is 0.457 e. The molecule has 2 aromatic carbocycles. The summed E-state index contributed by atoms with van der Waals surface area (Å²) in [6.45, 7) is 3.60. The van der Waals surface area contributed by atoms with Gasteiger partial charge in [-0.2, -0.15) is 0 Å². The molecule has 2 aromatic rings. The Morgan fingerprint density at radius 3 is 2.43 bits per heavy atom. The molecule has 0 aliphatic heterocycles. The van der Waals surface area contributed by atoms with E-state index < -0.39 is 10.9 Å². The number of nitro groups is 1. The first-order valence-electron chi connectivity index (χ1n) is 6.46. The molecule has 0 bridgehead atoms. The molecule has 5 nitrogen and oxygen atoms in total. The maximum absolute atomic E-state index is 12.1. The first kappa shape index (κ1) is 14.7. The summed E-state index contributed by atoms with van der Waals surface area (Å²) < 4.78 is 5.20. The van der Waals surface area contributed by atoms with Crippen LogP contribution in [0, 0.1) is 24.0 Å². The zero-order valence-corrected chi connectivity index (χ0v) is 11.8. The molecule has 0 amide bonds. The second kappa shape index (κ2) is 6.17. The van der Waals surface area contributed by atoms with Crippen LogP contribution in [0.25, 0.3) is 0 Å². The third-order valence-corrected chi connectivity index (χ3v) is 3.26. The number of hydrogen-bond donors (Lipinski definition) is 0. The molecule has 108 valence electrons. The van der Waals surface area contributed by atoms with Crippen molar-refractivity contribution in [1.82, 2.24) is 0 Å². The third-order valence-electron chi connectivity index (χ3n) is 3.26. The van der Waals surface area contributed by atoms with Crippen molar-refractivity contribution >= 4 is 11.7 Å². The van der Waals surface area contributed by atoms with Gasteiger partial charge in [0.1, 0.15) is 12.2 Å². The highest BCUT2D eigenvalue weighted by atomic mass is 16.6. The number of ether oxygens (including phenoxy) is 1. The molecular formula is C16H15NO4. The summed E-state index contributed by atoms with van der Waals surface area (Å²) >= 11 is 0. The lowest BCUT2D eigenvalue weighted by atomic mass is 10.1. The molecule has 0 saturated heterocycles. The van der Waals surface area contributed by atoms with Crippen LogP contribution in [0.3, 0.4) is 0 Å². The van der Waals surface area contributed by atoms with Gasteiger partial charge >= 0.3 is 5.97 Å². The number of aryl methyl sites for hydroxylation is 2. The fourth-order valence-electron chi connectivity index (χ4n) is 2.06. The van der Waals surface area contributed by atoms with E-state index in [0.717, 1.165) is 11.1 Å². The van der Waals surface area contributed by atoms with Gasteiger partial charge in [-0.1, -0.05) is 36.4 Å². The summed E-state index contributed by atoms with van der Waals surface area (Å²) in [7, 11) is 0. The molecular weight excluding hydrogens is 270 g/mol. The van der Waals surface area contributed by atoms with Crippen LogP contribution in [-0.2, 0) is 11.3 Å². The summed E-state index contributed by atoms with van der Waals surface area (Å²) in [5.74, 6) is -0.686. The van der Waals surface area contributed by atoms with Crippen LogP contribution in [0.5, 0.6) is 0 Å². The van der Waals surface area contributed by atoms with E-state index in [-0.39, 0.29) is 17.9 Å². The number of nitrogens with zero attached hydrogens (tertiary/aromatic N) is 1. The third kappa shape index (κ3) is 3.25. The summed E-state index contributed by atoms with van der Waals surface area (Å²) in [5, 5.41) is 11.1. The van der Waals surface area contributed by atoms with Gasteiger partial charge in [-0.05, 0) is 31.0 Å². The summed E-state index contributed by atoms with van der Waals surface area (Å²) in [4.78, 5) is 22.6. The molecule has 0 N–H and O–H groups in total. The van der Waals surface area contributed by atoms with Crippen molar-refractivity contribution in [2.24, 2.45) is 0 Å². The molecule has 0 spiro atoms. The number of benzene rings is 2. The second-order valence-corrected chi connectivity index (χ2v) is 4.73. The van der Waals surface area contributed by atoms with Crippen molar-refractivity contribution in [3.05, 3.63) is 74.8 Å². The molecule has 0 fully saturated rings. The van der Waals surface area contributed by atoms with Crippen molar-refractivity contribution in [3.8, 4) is 0 Å². The molecule has 0 aliphatic carbocycles. The average Bonchev–Trinajstić information content (AvgIpc) is 2.45. The first-order chi connectivity index (χ1) is 10.0. The highest BCUT2D eigenvalue weighted by Gasteiger charge is 2.23. The number of nitro benzene ring substituents is 1. The van der Waals surface area contributed by atoms with Crippen molar-refractivity contribution in [1.29, 1.82) is 0 Å². The van der Waals surface area contributed by atoms with Crippen LogP contribution >= 0.6 is 0 Å². The zero-order chi connectivity index (χ0) is 15.4. The van der Waals surface area contributed by atoms with Crippen molar-refractivity contribution < 1.29 is 14.5 Å². The highest BCUT2D eigenvalue weighted by molar-refractivity contribution is 5.94. The lowest BCUT2D eigenvalue weighted by Gasteiger charge is -2.08. The van der Waals surface area contributed by atoms with E-state index in [1.54, 1.807) is 19.1 Å². The highest BCUT2D eigenvalue weighted by Crippen LogP contribution is 2.24. The second-order valence-electron chi connectivity index (χ2n) is 4.73. The van der Waals surface area contributed by atoms with Crippen molar-refractivity contribution in [2.45, 2.75) is 20.5 Å². The van der Waals surface area contributed by atoms with E-state index in [1.807, 2.05) is 31.2 Å². The molecule has 0 saturated carbocycles. The van der Waals surface area contributed by atoms with E-state index in [4.69, 9.17) is 4.74 Å². The van der Waals surface area contributed by atoms with E-state index in [9.17, 15) is 14.9 Å². The summed E-state index contributed by atoms with van der Waals surface area (Å²) in [6, 6.07) is 12.1. The predicted octanol–water partition coefficient (Wildman–Crippen LogP) is 3.57. The Morgan fingerprint density at radius 2 is 1.76 bits per heavy atom. The Morgan fingerprint density at radius 1 is 1.10 bits per heavy atom. The number of esters is 1. The van der Waals surface area contributed by atoms with Crippen LogP contribution in [0.4, 0.5) is 5.69 Å². The van der Waals surface area contributed by atoms with Gasteiger partial charge in [0.25, 0.3) is 5.69 Å². The normalized spacial score (nSPS) is 10.2.